The number of benzene rings is 18. The van der Waals surface area contributed by atoms with Crippen LogP contribution in [-0.2, 0) is 16.2 Å². The molecule has 0 spiro atoms. The van der Waals surface area contributed by atoms with Crippen LogP contribution in [0.5, 0.6) is 34.5 Å². The molecule has 2 aromatic heterocycles. The van der Waals surface area contributed by atoms with Gasteiger partial charge in [-0.3, -0.25) is 0 Å². The molecular formula is C121H90B2N4O3. The monoisotopic (exact) mass is 1670 g/mol. The van der Waals surface area contributed by atoms with Crippen LogP contribution in [0.4, 0.5) is 17.1 Å². The van der Waals surface area contributed by atoms with Crippen LogP contribution >= 0.6 is 0 Å². The first-order chi connectivity index (χ1) is 63.3. The van der Waals surface area contributed by atoms with Gasteiger partial charge in [0, 0.05) is 61.4 Å². The first-order valence-corrected chi connectivity index (χ1v) is 45.3. The molecule has 4 aliphatic rings. The Bertz CT molecular complexity index is 8020. The van der Waals surface area contributed by atoms with E-state index in [1.807, 2.05) is 6.07 Å². The largest absolute Gasteiger partial charge is 0.458 e. The zero-order chi connectivity index (χ0) is 87.7. The second-order valence-corrected chi connectivity index (χ2v) is 38.6. The molecule has 0 N–H and O–H groups in total. The number of ether oxygens (including phenoxy) is 3. The van der Waals surface area contributed by atoms with Crippen molar-refractivity contribution in [3.63, 3.8) is 0 Å². The smallest absolute Gasteiger partial charge is 0.260 e. The van der Waals surface area contributed by atoms with Crippen LogP contribution in [0, 0.1) is 11.3 Å². The number of nitriles is 1. The molecule has 20 aromatic rings. The summed E-state index contributed by atoms with van der Waals surface area (Å²) >= 11 is 0. The molecule has 9 heteroatoms. The van der Waals surface area contributed by atoms with E-state index in [2.05, 4.69) is 459 Å². The molecule has 6 heterocycles. The van der Waals surface area contributed by atoms with E-state index in [9.17, 15) is 5.26 Å². The molecule has 18 aromatic carbocycles. The fourth-order valence-corrected chi connectivity index (χ4v) is 21.1. The number of fused-ring (bicyclic) bond motifs is 14. The van der Waals surface area contributed by atoms with Gasteiger partial charge in [-0.2, -0.15) is 5.26 Å². The van der Waals surface area contributed by atoms with Crippen molar-refractivity contribution >= 4 is 107 Å². The highest BCUT2D eigenvalue weighted by atomic mass is 16.5. The van der Waals surface area contributed by atoms with Gasteiger partial charge in [-0.15, -0.1) is 0 Å². The van der Waals surface area contributed by atoms with E-state index in [1.165, 1.54) is 27.5 Å². The predicted molar refractivity (Wildman–Crippen MR) is 543 cm³/mol. The van der Waals surface area contributed by atoms with Crippen molar-refractivity contribution in [2.75, 3.05) is 4.90 Å². The third-order valence-corrected chi connectivity index (χ3v) is 27.6. The van der Waals surface area contributed by atoms with Crippen LogP contribution in [0.1, 0.15) is 84.6 Å². The second kappa shape index (κ2) is 29.8. The Hall–Kier alpha value is -15.6. The molecule has 0 radical (unpaired) electrons. The highest BCUT2D eigenvalue weighted by Crippen LogP contribution is 2.52. The Morgan fingerprint density at radius 3 is 1.13 bits per heavy atom. The standard InChI is InChI=1S/C121H90B2N4O3/c1-119(2,3)85-46-57-105-96(68-85)95-60-74(73-124)42-55-104(95)126(105)89-50-54-102-112(72-89)130-113-65-83(62-109-117(113)122(102)99-53-49-88(125-106-58-47-86(120(4,5)6)69-97(106)98-70-87(121(7,8)9)48-59-107(98)125)71-108(99)127(109)103-56-45-80(75-28-15-10-16-29-75)61-94(103)79-36-23-14-24-37-79)84-66-114-118-115(67-84)129-111-64-82(116-92(77-32-19-12-20-33-77)40-27-41-93(116)78-34-21-13-22-35-78)44-52-101(111)123(118)100-51-43-81(63-110(100)128-114)91-39-26-25-38-90(91)76-30-17-11-18-31-76/h10-72H,1-9H3. The van der Waals surface area contributed by atoms with Gasteiger partial charge >= 0.3 is 0 Å². The minimum Gasteiger partial charge on any atom is -0.458 e. The zero-order valence-corrected chi connectivity index (χ0v) is 74.0. The third-order valence-electron chi connectivity index (χ3n) is 27.6. The Balaban J connectivity index is 0.769. The summed E-state index contributed by atoms with van der Waals surface area (Å²) in [6, 6.07) is 143. The number of aromatic nitrogens is 2. The molecule has 7 nitrogen and oxygen atoms in total. The molecule has 0 aliphatic carbocycles. The number of hydrogen-bond donors (Lipinski definition) is 0. The molecule has 0 saturated heterocycles. The maximum Gasteiger partial charge on any atom is 0.260 e. The lowest BCUT2D eigenvalue weighted by atomic mass is 9.34. The van der Waals surface area contributed by atoms with Gasteiger partial charge in [0.1, 0.15) is 34.5 Å². The van der Waals surface area contributed by atoms with Crippen LogP contribution in [0.3, 0.4) is 0 Å². The number of anilines is 3. The van der Waals surface area contributed by atoms with E-state index in [0.29, 0.717) is 17.1 Å². The summed E-state index contributed by atoms with van der Waals surface area (Å²) in [4.78, 5) is 2.56. The summed E-state index contributed by atoms with van der Waals surface area (Å²) in [7, 11) is 0. The fourth-order valence-electron chi connectivity index (χ4n) is 21.1. The number of nitrogens with zero attached hydrogens (tertiary/aromatic N) is 4. The summed E-state index contributed by atoms with van der Waals surface area (Å²) in [5.41, 5.74) is 37.0. The molecule has 0 saturated carbocycles. The number of rotatable bonds is 11. The maximum absolute atomic E-state index is 10.5. The summed E-state index contributed by atoms with van der Waals surface area (Å²) in [6.45, 7) is 20.0. The van der Waals surface area contributed by atoms with Gasteiger partial charge in [0.25, 0.3) is 13.4 Å². The van der Waals surface area contributed by atoms with Gasteiger partial charge in [0.15, 0.2) is 0 Å². The second-order valence-electron chi connectivity index (χ2n) is 38.6. The normalized spacial score (nSPS) is 12.9. The molecule has 0 fully saturated rings. The Kier molecular flexibility index (Phi) is 17.8. The first-order valence-electron chi connectivity index (χ1n) is 45.3. The zero-order valence-electron chi connectivity index (χ0n) is 74.0. The van der Waals surface area contributed by atoms with Gasteiger partial charge in [0.05, 0.1) is 39.4 Å². The SMILES string of the molecule is CC(C)(C)c1ccc2c(c1)c1cc(C#N)ccc1n2-c1ccc2c(c1)Oc1cc(-c3cc4c5c(c3)Oc3cc(-c6c(-c7ccccc7)cccc6-c6ccccc6)ccc3B5c3ccc(-c5ccccc5-c5ccccc5)cc3O4)cc3c1B2c1ccc(-n2c4ccc(C(C)(C)C)cc4c4cc(C(C)(C)C)ccc42)cc1N3c1ccc(-c2ccccc2)cc1-c1ccccc1. The van der Waals surface area contributed by atoms with E-state index < -0.39 is 0 Å². The molecule has 130 heavy (non-hydrogen) atoms. The van der Waals surface area contributed by atoms with Crippen molar-refractivity contribution in [3.05, 3.63) is 404 Å². The number of hydrogen-bond acceptors (Lipinski definition) is 5. The Morgan fingerprint density at radius 2 is 0.623 bits per heavy atom. The van der Waals surface area contributed by atoms with E-state index >= 15 is 0 Å². The van der Waals surface area contributed by atoms with Crippen LogP contribution in [0.2, 0.25) is 0 Å². The minimum absolute atomic E-state index is 0.0967. The summed E-state index contributed by atoms with van der Waals surface area (Å²) in [5.74, 6) is 4.44. The van der Waals surface area contributed by atoms with Gasteiger partial charge < -0.3 is 28.2 Å². The van der Waals surface area contributed by atoms with Crippen LogP contribution < -0.4 is 51.9 Å². The van der Waals surface area contributed by atoms with Gasteiger partial charge in [-0.05, 0) is 265 Å². The van der Waals surface area contributed by atoms with Crippen molar-refractivity contribution < 1.29 is 14.2 Å². The maximum atomic E-state index is 10.5. The predicted octanol–water partition coefficient (Wildman–Crippen LogP) is 28.1. The van der Waals surface area contributed by atoms with Crippen molar-refractivity contribution in [1.82, 2.24) is 9.13 Å². The lowest BCUT2D eigenvalue weighted by molar-refractivity contribution is 0.465. The molecule has 24 rings (SSSR count). The van der Waals surface area contributed by atoms with Gasteiger partial charge in [0.2, 0.25) is 0 Å². The third kappa shape index (κ3) is 12.8. The lowest BCUT2D eigenvalue weighted by Crippen LogP contribution is -2.59. The minimum atomic E-state index is -0.344. The summed E-state index contributed by atoms with van der Waals surface area (Å²) in [6.07, 6.45) is 0. The van der Waals surface area contributed by atoms with Crippen LogP contribution in [-0.4, -0.2) is 22.6 Å². The van der Waals surface area contributed by atoms with Crippen LogP contribution in [0.15, 0.2) is 382 Å². The lowest BCUT2D eigenvalue weighted by Gasteiger charge is -2.41. The van der Waals surface area contributed by atoms with Gasteiger partial charge in [-0.25, -0.2) is 0 Å². The molecule has 0 unspecified atom stereocenters. The molecule has 0 bridgehead atoms. The quantitative estimate of drug-likeness (QED) is 0.121. The molecule has 0 amide bonds. The summed E-state index contributed by atoms with van der Waals surface area (Å²) in [5, 5.41) is 15.1. The van der Waals surface area contributed by atoms with E-state index in [0.717, 1.165) is 206 Å². The molecule has 0 atom stereocenters. The van der Waals surface area contributed by atoms with Crippen molar-refractivity contribution in [1.29, 1.82) is 5.26 Å². The molecule has 618 valence electrons. The Labute approximate surface area is 759 Å². The first kappa shape index (κ1) is 77.9. The van der Waals surface area contributed by atoms with Crippen molar-refractivity contribution in [3.8, 4) is 141 Å². The molecular weight excluding hydrogens is 1580 g/mol. The highest BCUT2D eigenvalue weighted by Gasteiger charge is 2.46. The average molecular weight is 1670 g/mol. The highest BCUT2D eigenvalue weighted by molar-refractivity contribution is 6.99. The van der Waals surface area contributed by atoms with Crippen LogP contribution in [0.25, 0.3) is 144 Å². The summed E-state index contributed by atoms with van der Waals surface area (Å²) < 4.78 is 28.3. The Morgan fingerprint density at radius 1 is 0.246 bits per heavy atom. The van der Waals surface area contributed by atoms with E-state index in [-0.39, 0.29) is 29.7 Å². The van der Waals surface area contributed by atoms with Gasteiger partial charge in [-0.1, -0.05) is 317 Å². The van der Waals surface area contributed by atoms with Crippen molar-refractivity contribution in [2.45, 2.75) is 78.6 Å². The average Bonchev–Trinajstić information content (AvgIpc) is 1.60. The molecule has 4 aliphatic heterocycles. The van der Waals surface area contributed by atoms with E-state index in [1.54, 1.807) is 0 Å². The topological polar surface area (TPSA) is 64.6 Å². The van der Waals surface area contributed by atoms with Crippen molar-refractivity contribution in [2.24, 2.45) is 0 Å². The fraction of sp³-hybridized carbons (Fsp3) is 0.0992. The van der Waals surface area contributed by atoms with E-state index in [4.69, 9.17) is 14.2 Å².